The molecule has 0 aromatic heterocycles. The highest BCUT2D eigenvalue weighted by molar-refractivity contribution is 5.79. The van der Waals surface area contributed by atoms with Crippen molar-refractivity contribution in [1.29, 1.82) is 0 Å². The van der Waals surface area contributed by atoms with E-state index in [0.717, 1.165) is 34.4 Å². The number of aliphatic carboxylic acids is 1. The Kier molecular flexibility index (Phi) is 6.35. The highest BCUT2D eigenvalue weighted by Crippen LogP contribution is 2.44. The molecule has 1 aliphatic carbocycles. The molecule has 0 heterocycles. The van der Waals surface area contributed by atoms with E-state index in [1.54, 1.807) is 0 Å². The van der Waals surface area contributed by atoms with Crippen molar-refractivity contribution in [1.82, 2.24) is 5.32 Å². The van der Waals surface area contributed by atoms with E-state index in [0.29, 0.717) is 0 Å². The third-order valence-corrected chi connectivity index (χ3v) is 5.61. The summed E-state index contributed by atoms with van der Waals surface area (Å²) < 4.78 is 45.6. The summed E-state index contributed by atoms with van der Waals surface area (Å²) in [6.07, 6.45) is -1.58. The van der Waals surface area contributed by atoms with Gasteiger partial charge >= 0.3 is 12.1 Å². The van der Waals surface area contributed by atoms with Gasteiger partial charge in [-0.2, -0.15) is 0 Å². The van der Waals surface area contributed by atoms with Crippen molar-refractivity contribution in [2.45, 2.75) is 24.8 Å². The van der Waals surface area contributed by atoms with Gasteiger partial charge in [0.1, 0.15) is 6.61 Å². The number of hydrogen-bond acceptors (Lipinski definition) is 3. The molecule has 3 aromatic carbocycles. The lowest BCUT2D eigenvalue weighted by Crippen LogP contribution is -2.39. The molecule has 1 amide bonds. The molecule has 0 saturated heterocycles. The monoisotopic (exact) mass is 455 g/mol. The summed E-state index contributed by atoms with van der Waals surface area (Å²) in [7, 11) is 0. The average Bonchev–Trinajstić information content (AvgIpc) is 3.09. The Labute approximate surface area is 187 Å². The van der Waals surface area contributed by atoms with E-state index in [9.17, 15) is 22.8 Å². The van der Waals surface area contributed by atoms with Crippen molar-refractivity contribution < 1.29 is 32.6 Å². The molecule has 170 valence electrons. The minimum absolute atomic E-state index is 0.0107. The fraction of sp³-hybridized carbons (Fsp3) is 0.200. The molecule has 3 aromatic rings. The number of hydrogen-bond donors (Lipinski definition) is 2. The van der Waals surface area contributed by atoms with E-state index in [1.165, 1.54) is 0 Å². The van der Waals surface area contributed by atoms with E-state index in [4.69, 9.17) is 9.84 Å². The summed E-state index contributed by atoms with van der Waals surface area (Å²) in [5.74, 6) is -5.79. The number of carbonyl (C=O) groups excluding carboxylic acids is 1. The summed E-state index contributed by atoms with van der Waals surface area (Å²) in [4.78, 5) is 23.7. The smallest absolute Gasteiger partial charge is 0.407 e. The van der Waals surface area contributed by atoms with Crippen LogP contribution in [-0.4, -0.2) is 29.8 Å². The van der Waals surface area contributed by atoms with E-state index in [2.05, 4.69) is 5.32 Å². The van der Waals surface area contributed by atoms with Crippen LogP contribution in [-0.2, 0) is 16.0 Å². The minimum Gasteiger partial charge on any atom is -0.481 e. The van der Waals surface area contributed by atoms with Crippen molar-refractivity contribution in [3.05, 3.63) is 94.8 Å². The lowest BCUT2D eigenvalue weighted by Gasteiger charge is -2.19. The van der Waals surface area contributed by atoms with Crippen molar-refractivity contribution in [2.24, 2.45) is 0 Å². The molecule has 0 bridgehead atoms. The van der Waals surface area contributed by atoms with Gasteiger partial charge in [-0.1, -0.05) is 48.5 Å². The van der Waals surface area contributed by atoms with Crippen LogP contribution < -0.4 is 5.32 Å². The first-order valence-corrected chi connectivity index (χ1v) is 10.3. The standard InChI is InChI=1S/C25H20F3NO4/c26-21-10-14(11-22(27)24(21)28)9-15(12-23(30)31)29-25(32)33-13-20-18-7-3-1-5-16(18)17-6-2-4-8-19(17)20/h1-8,10-11,15,20H,9,12-13H2,(H,29,32)(H,30,31). The van der Waals surface area contributed by atoms with Crippen molar-refractivity contribution in [3.8, 4) is 11.1 Å². The predicted octanol–water partition coefficient (Wildman–Crippen LogP) is 5.03. The van der Waals surface area contributed by atoms with Gasteiger partial charge in [0.25, 0.3) is 0 Å². The molecular formula is C25H20F3NO4. The van der Waals surface area contributed by atoms with Gasteiger partial charge in [-0.3, -0.25) is 4.79 Å². The molecule has 0 radical (unpaired) electrons. The molecular weight excluding hydrogens is 435 g/mol. The number of alkyl carbamates (subject to hydrolysis) is 1. The molecule has 4 rings (SSSR count). The number of amides is 1. The van der Waals surface area contributed by atoms with Crippen LogP contribution in [0.5, 0.6) is 0 Å². The number of carboxylic acids is 1. The number of fused-ring (bicyclic) bond motifs is 3. The van der Waals surface area contributed by atoms with Crippen molar-refractivity contribution in [3.63, 3.8) is 0 Å². The van der Waals surface area contributed by atoms with Crippen LogP contribution in [0.3, 0.4) is 0 Å². The second-order valence-corrected chi connectivity index (χ2v) is 7.84. The molecule has 8 heteroatoms. The second-order valence-electron chi connectivity index (χ2n) is 7.84. The second kappa shape index (κ2) is 9.36. The van der Waals surface area contributed by atoms with Gasteiger partial charge in [0.15, 0.2) is 17.5 Å². The molecule has 0 aliphatic heterocycles. The number of ether oxygens (including phenoxy) is 1. The van der Waals surface area contributed by atoms with Gasteiger partial charge < -0.3 is 15.2 Å². The molecule has 5 nitrogen and oxygen atoms in total. The molecule has 1 aliphatic rings. The highest BCUT2D eigenvalue weighted by atomic mass is 19.2. The van der Waals surface area contributed by atoms with Crippen LogP contribution in [0.25, 0.3) is 11.1 Å². The zero-order chi connectivity index (χ0) is 23.5. The Morgan fingerprint density at radius 2 is 1.48 bits per heavy atom. The predicted molar refractivity (Wildman–Crippen MR) is 114 cm³/mol. The average molecular weight is 455 g/mol. The Bertz CT molecular complexity index is 1150. The first-order chi connectivity index (χ1) is 15.8. The van der Waals surface area contributed by atoms with Crippen LogP contribution in [0, 0.1) is 17.5 Å². The minimum atomic E-state index is -1.61. The van der Waals surface area contributed by atoms with E-state index in [1.807, 2.05) is 48.5 Å². The van der Waals surface area contributed by atoms with Crippen LogP contribution in [0.2, 0.25) is 0 Å². The molecule has 0 fully saturated rings. The number of rotatable bonds is 7. The quantitative estimate of drug-likeness (QED) is 0.490. The zero-order valence-electron chi connectivity index (χ0n) is 17.4. The topological polar surface area (TPSA) is 75.6 Å². The molecule has 0 spiro atoms. The summed E-state index contributed by atoms with van der Waals surface area (Å²) >= 11 is 0. The van der Waals surface area contributed by atoms with E-state index >= 15 is 0 Å². The Morgan fingerprint density at radius 3 is 2.03 bits per heavy atom. The fourth-order valence-corrected chi connectivity index (χ4v) is 4.20. The summed E-state index contributed by atoms with van der Waals surface area (Å²) in [6.45, 7) is 0.0272. The van der Waals surface area contributed by atoms with Crippen molar-refractivity contribution in [2.75, 3.05) is 6.61 Å². The number of carboxylic acid groups (broad SMARTS) is 1. The van der Waals surface area contributed by atoms with Crippen molar-refractivity contribution >= 4 is 12.1 Å². The van der Waals surface area contributed by atoms with Crippen LogP contribution in [0.1, 0.15) is 29.0 Å². The van der Waals surface area contributed by atoms with Gasteiger partial charge in [-0.15, -0.1) is 0 Å². The first-order valence-electron chi connectivity index (χ1n) is 10.3. The highest BCUT2D eigenvalue weighted by Gasteiger charge is 2.29. The Hall–Kier alpha value is -3.81. The number of carbonyl (C=O) groups is 2. The van der Waals surface area contributed by atoms with Crippen LogP contribution >= 0.6 is 0 Å². The molecule has 0 saturated carbocycles. The zero-order valence-corrected chi connectivity index (χ0v) is 17.4. The van der Waals surface area contributed by atoms with Gasteiger partial charge in [0, 0.05) is 12.0 Å². The van der Waals surface area contributed by atoms with Crippen LogP contribution in [0.4, 0.5) is 18.0 Å². The summed E-state index contributed by atoms with van der Waals surface area (Å²) in [5, 5.41) is 11.6. The summed E-state index contributed by atoms with van der Waals surface area (Å²) in [5.41, 5.74) is 4.17. The number of nitrogens with one attached hydrogen (secondary N) is 1. The first kappa shape index (κ1) is 22.4. The summed E-state index contributed by atoms with van der Waals surface area (Å²) in [6, 6.07) is 16.1. The van der Waals surface area contributed by atoms with Gasteiger partial charge in [-0.05, 0) is 46.4 Å². The lowest BCUT2D eigenvalue weighted by atomic mass is 9.98. The Morgan fingerprint density at radius 1 is 0.939 bits per heavy atom. The maximum Gasteiger partial charge on any atom is 0.407 e. The molecule has 2 N–H and O–H groups in total. The van der Waals surface area contributed by atoms with E-state index < -0.39 is 42.0 Å². The number of benzene rings is 3. The van der Waals surface area contributed by atoms with Gasteiger partial charge in [0.05, 0.1) is 6.42 Å². The fourth-order valence-electron chi connectivity index (χ4n) is 4.20. The van der Waals surface area contributed by atoms with Crippen LogP contribution in [0.15, 0.2) is 60.7 Å². The normalized spacial score (nSPS) is 13.2. The SMILES string of the molecule is O=C(O)CC(Cc1cc(F)c(F)c(F)c1)NC(=O)OCC1c2ccccc2-c2ccccc21. The maximum atomic E-state index is 13.5. The molecule has 33 heavy (non-hydrogen) atoms. The third-order valence-electron chi connectivity index (χ3n) is 5.61. The van der Waals surface area contributed by atoms with Gasteiger partial charge in [0.2, 0.25) is 0 Å². The maximum absolute atomic E-state index is 13.5. The Balaban J connectivity index is 1.45. The number of halogens is 3. The molecule has 1 unspecified atom stereocenters. The largest absolute Gasteiger partial charge is 0.481 e. The van der Waals surface area contributed by atoms with Gasteiger partial charge in [-0.25, -0.2) is 18.0 Å². The third kappa shape index (κ3) is 4.84. The van der Waals surface area contributed by atoms with E-state index in [-0.39, 0.29) is 24.5 Å². The lowest BCUT2D eigenvalue weighted by molar-refractivity contribution is -0.137. The molecule has 1 atom stereocenters.